The van der Waals surface area contributed by atoms with E-state index in [0.717, 1.165) is 11.8 Å². The summed E-state index contributed by atoms with van der Waals surface area (Å²) in [6.45, 7) is 0. The number of allylic oxidation sites excluding steroid dienone is 2. The van der Waals surface area contributed by atoms with Gasteiger partial charge in [-0.3, -0.25) is 0 Å². The quantitative estimate of drug-likeness (QED) is 0.915. The molecule has 0 bridgehead atoms. The van der Waals surface area contributed by atoms with Crippen molar-refractivity contribution in [1.29, 1.82) is 0 Å². The van der Waals surface area contributed by atoms with Gasteiger partial charge in [0.25, 0.3) is 6.43 Å². The standard InChI is InChI=1S/C10H9F2NO2S2/c1-15-7-4-16-9(13-7)6-3-2-5(8(11)12)10(14)17-6/h3-4,8,14H,2H2,1H3. The van der Waals surface area contributed by atoms with Gasteiger partial charge in [-0.25, -0.2) is 13.8 Å². The van der Waals surface area contributed by atoms with Crippen molar-refractivity contribution >= 4 is 28.0 Å². The Balaban J connectivity index is 2.17. The van der Waals surface area contributed by atoms with E-state index >= 15 is 0 Å². The normalized spacial score (nSPS) is 16.4. The molecule has 0 unspecified atom stereocenters. The summed E-state index contributed by atoms with van der Waals surface area (Å²) in [5.41, 5.74) is -0.234. The molecule has 92 valence electrons. The highest BCUT2D eigenvalue weighted by molar-refractivity contribution is 8.11. The lowest BCUT2D eigenvalue weighted by molar-refractivity contribution is 0.181. The first-order chi connectivity index (χ1) is 8.11. The molecule has 3 nitrogen and oxygen atoms in total. The van der Waals surface area contributed by atoms with Gasteiger partial charge in [-0.2, -0.15) is 0 Å². The van der Waals surface area contributed by atoms with E-state index in [9.17, 15) is 13.9 Å². The van der Waals surface area contributed by atoms with E-state index in [1.54, 1.807) is 11.5 Å². The average molecular weight is 277 g/mol. The van der Waals surface area contributed by atoms with Crippen LogP contribution in [0.25, 0.3) is 4.91 Å². The smallest absolute Gasteiger partial charge is 0.264 e. The number of alkyl halides is 2. The van der Waals surface area contributed by atoms with E-state index < -0.39 is 6.43 Å². The molecular formula is C10H9F2NO2S2. The van der Waals surface area contributed by atoms with Crippen LogP contribution in [0.3, 0.4) is 0 Å². The van der Waals surface area contributed by atoms with Crippen LogP contribution in [0.5, 0.6) is 5.88 Å². The summed E-state index contributed by atoms with van der Waals surface area (Å²) in [7, 11) is 1.51. The van der Waals surface area contributed by atoms with E-state index in [4.69, 9.17) is 4.74 Å². The number of thioether (sulfide) groups is 1. The number of aliphatic hydroxyl groups excluding tert-OH is 1. The maximum atomic E-state index is 12.5. The van der Waals surface area contributed by atoms with Crippen molar-refractivity contribution in [3.05, 3.63) is 27.1 Å². The summed E-state index contributed by atoms with van der Waals surface area (Å²) >= 11 is 2.25. The lowest BCUT2D eigenvalue weighted by atomic mass is 10.2. The summed E-state index contributed by atoms with van der Waals surface area (Å²) in [6, 6.07) is 0. The van der Waals surface area contributed by atoms with Gasteiger partial charge in [-0.15, -0.1) is 11.3 Å². The Morgan fingerprint density at radius 2 is 2.29 bits per heavy atom. The van der Waals surface area contributed by atoms with E-state index in [-0.39, 0.29) is 17.1 Å². The molecule has 0 spiro atoms. The predicted molar refractivity (Wildman–Crippen MR) is 64.5 cm³/mol. The van der Waals surface area contributed by atoms with Crippen molar-refractivity contribution < 1.29 is 18.6 Å². The number of rotatable bonds is 3. The third-order valence-electron chi connectivity index (χ3n) is 2.16. The van der Waals surface area contributed by atoms with Crippen molar-refractivity contribution in [2.24, 2.45) is 0 Å². The van der Waals surface area contributed by atoms with Crippen LogP contribution in [0, 0.1) is 0 Å². The third kappa shape index (κ3) is 2.61. The van der Waals surface area contributed by atoms with Crippen molar-refractivity contribution in [3.8, 4) is 5.88 Å². The zero-order chi connectivity index (χ0) is 12.4. The zero-order valence-corrected chi connectivity index (χ0v) is 10.4. The van der Waals surface area contributed by atoms with E-state index in [0.29, 0.717) is 15.8 Å². The highest BCUT2D eigenvalue weighted by Crippen LogP contribution is 2.42. The van der Waals surface area contributed by atoms with Crippen molar-refractivity contribution in [1.82, 2.24) is 4.98 Å². The summed E-state index contributed by atoms with van der Waals surface area (Å²) in [4.78, 5) is 4.82. The van der Waals surface area contributed by atoms with Gasteiger partial charge in [-0.1, -0.05) is 6.08 Å². The summed E-state index contributed by atoms with van der Waals surface area (Å²) in [5, 5.41) is 11.6. The number of hydrogen-bond acceptors (Lipinski definition) is 5. The number of nitrogens with zero attached hydrogens (tertiary/aromatic N) is 1. The number of aromatic nitrogens is 1. The molecule has 0 saturated carbocycles. The second-order valence-electron chi connectivity index (χ2n) is 3.20. The number of methoxy groups -OCH3 is 1. The SMILES string of the molecule is COc1csc(C2=CCC(C(F)F)=C(O)S2)n1. The fourth-order valence-electron chi connectivity index (χ4n) is 1.28. The maximum absolute atomic E-state index is 12.5. The van der Waals surface area contributed by atoms with Gasteiger partial charge >= 0.3 is 0 Å². The molecule has 1 aromatic heterocycles. The molecule has 1 N–H and O–H groups in total. The number of ether oxygens (including phenoxy) is 1. The van der Waals surface area contributed by atoms with Gasteiger partial charge in [0.2, 0.25) is 5.88 Å². The van der Waals surface area contributed by atoms with E-state index in [1.165, 1.54) is 18.4 Å². The summed E-state index contributed by atoms with van der Waals surface area (Å²) in [6.07, 6.45) is -0.927. The largest absolute Gasteiger partial charge is 0.502 e. The Kier molecular flexibility index (Phi) is 3.68. The Bertz CT molecular complexity index is 482. The number of aliphatic hydroxyl groups is 1. The fraction of sp³-hybridized carbons (Fsp3) is 0.300. The van der Waals surface area contributed by atoms with Gasteiger partial charge in [0.15, 0.2) is 5.09 Å². The Hall–Kier alpha value is -1.08. The van der Waals surface area contributed by atoms with Gasteiger partial charge in [0, 0.05) is 10.5 Å². The van der Waals surface area contributed by atoms with Crippen LogP contribution in [0.1, 0.15) is 11.4 Å². The number of hydrogen-bond donors (Lipinski definition) is 1. The highest BCUT2D eigenvalue weighted by atomic mass is 32.2. The van der Waals surface area contributed by atoms with Crippen molar-refractivity contribution in [2.75, 3.05) is 7.11 Å². The molecular weight excluding hydrogens is 268 g/mol. The van der Waals surface area contributed by atoms with Gasteiger partial charge in [-0.05, 0) is 18.2 Å². The van der Waals surface area contributed by atoms with Gasteiger partial charge in [0.05, 0.1) is 12.5 Å². The highest BCUT2D eigenvalue weighted by Gasteiger charge is 2.23. The molecule has 1 aliphatic heterocycles. The molecule has 17 heavy (non-hydrogen) atoms. The molecule has 0 atom stereocenters. The van der Waals surface area contributed by atoms with E-state index in [2.05, 4.69) is 4.98 Å². The first kappa shape index (κ1) is 12.4. The first-order valence-electron chi connectivity index (χ1n) is 4.70. The minimum absolute atomic E-state index is 0.0493. The predicted octanol–water partition coefficient (Wildman–Crippen LogP) is 3.66. The average Bonchev–Trinajstić information content (AvgIpc) is 2.76. The Morgan fingerprint density at radius 3 is 2.82 bits per heavy atom. The molecule has 1 aliphatic rings. The van der Waals surface area contributed by atoms with Crippen LogP contribution >= 0.6 is 23.1 Å². The Morgan fingerprint density at radius 1 is 1.53 bits per heavy atom. The second kappa shape index (κ2) is 5.05. The minimum Gasteiger partial charge on any atom is -0.502 e. The van der Waals surface area contributed by atoms with Gasteiger partial charge in [0.1, 0.15) is 5.01 Å². The van der Waals surface area contributed by atoms with Crippen LogP contribution in [-0.4, -0.2) is 23.6 Å². The molecule has 1 aromatic rings. The van der Waals surface area contributed by atoms with Crippen molar-refractivity contribution in [3.63, 3.8) is 0 Å². The second-order valence-corrected chi connectivity index (χ2v) is 5.09. The summed E-state index contributed by atoms with van der Waals surface area (Å²) in [5.74, 6) is 0.481. The number of thiazole rings is 1. The third-order valence-corrected chi connectivity index (χ3v) is 4.17. The molecule has 0 saturated heterocycles. The molecule has 2 rings (SSSR count). The van der Waals surface area contributed by atoms with E-state index in [1.807, 2.05) is 0 Å². The minimum atomic E-state index is -2.62. The van der Waals surface area contributed by atoms with Crippen LogP contribution in [0.4, 0.5) is 8.78 Å². The molecule has 0 radical (unpaired) electrons. The molecule has 0 fully saturated rings. The topological polar surface area (TPSA) is 42.4 Å². The van der Waals surface area contributed by atoms with Crippen LogP contribution in [0.2, 0.25) is 0 Å². The molecule has 2 heterocycles. The summed E-state index contributed by atoms with van der Waals surface area (Å²) < 4.78 is 29.9. The molecule has 0 amide bonds. The van der Waals surface area contributed by atoms with Crippen LogP contribution < -0.4 is 4.74 Å². The monoisotopic (exact) mass is 277 g/mol. The maximum Gasteiger partial charge on any atom is 0.264 e. The molecule has 7 heteroatoms. The molecule has 0 aliphatic carbocycles. The lowest BCUT2D eigenvalue weighted by Crippen LogP contribution is -2.03. The lowest BCUT2D eigenvalue weighted by Gasteiger charge is -2.14. The van der Waals surface area contributed by atoms with Gasteiger partial charge < -0.3 is 9.84 Å². The zero-order valence-electron chi connectivity index (χ0n) is 8.81. The van der Waals surface area contributed by atoms with Crippen molar-refractivity contribution in [2.45, 2.75) is 12.8 Å². The van der Waals surface area contributed by atoms with Crippen LogP contribution in [-0.2, 0) is 0 Å². The fourth-order valence-corrected chi connectivity index (χ4v) is 3.06. The van der Waals surface area contributed by atoms with Crippen LogP contribution in [0.15, 0.2) is 22.1 Å². The molecule has 0 aromatic carbocycles. The first-order valence-corrected chi connectivity index (χ1v) is 6.39. The number of halogens is 2. The Labute approximate surface area is 105 Å².